The molecule has 30 heavy (non-hydrogen) atoms. The molecule has 1 atom stereocenters. The zero-order valence-electron chi connectivity index (χ0n) is 16.2. The summed E-state index contributed by atoms with van der Waals surface area (Å²) >= 11 is 0. The monoisotopic (exact) mass is 466 g/mol. The largest absolute Gasteiger partial charge is 0.416 e. The molecule has 1 N–H and O–H groups in total. The topological polar surface area (TPSA) is 49.4 Å². The van der Waals surface area contributed by atoms with Crippen molar-refractivity contribution in [1.29, 1.82) is 0 Å². The second kappa shape index (κ2) is 9.53. The van der Waals surface area contributed by atoms with E-state index < -0.39 is 32.5 Å². The summed E-state index contributed by atoms with van der Waals surface area (Å²) in [4.78, 5) is 1.60. The lowest BCUT2D eigenvalue weighted by Crippen LogP contribution is -2.20. The third kappa shape index (κ3) is 5.86. The number of halogens is 5. The quantitative estimate of drug-likeness (QED) is 0.590. The molecule has 0 spiro atoms. The number of benzene rings is 2. The zero-order valence-corrected chi connectivity index (χ0v) is 17.9. The first-order valence-corrected chi connectivity index (χ1v) is 10.8. The van der Waals surface area contributed by atoms with E-state index >= 15 is 0 Å². The molecular weight excluding hydrogens is 444 g/mol. The Balaban J connectivity index is 0.00000320. The van der Waals surface area contributed by atoms with Crippen molar-refractivity contribution >= 4 is 28.1 Å². The molecule has 0 saturated carbocycles. The minimum Gasteiger partial charge on any atom is -0.303 e. The fourth-order valence-corrected chi connectivity index (χ4v) is 4.66. The van der Waals surface area contributed by atoms with Gasteiger partial charge in [-0.25, -0.2) is 12.8 Å². The molecule has 0 bridgehead atoms. The molecule has 3 rings (SSSR count). The Morgan fingerprint density at radius 2 is 1.80 bits per heavy atom. The number of nitrogens with one attached hydrogen (secondary N) is 1. The van der Waals surface area contributed by atoms with Gasteiger partial charge < -0.3 is 4.90 Å². The number of nitrogens with zero attached hydrogens (tertiary/aromatic N) is 1. The maximum atomic E-state index is 13.5. The first-order chi connectivity index (χ1) is 13.6. The Morgan fingerprint density at radius 1 is 1.13 bits per heavy atom. The summed E-state index contributed by atoms with van der Waals surface area (Å²) in [6.45, 7) is 5.14. The molecule has 2 aromatic rings. The summed E-state index contributed by atoms with van der Waals surface area (Å²) in [6.07, 6.45) is -2.74. The van der Waals surface area contributed by atoms with Gasteiger partial charge in [0.2, 0.25) is 0 Å². The van der Waals surface area contributed by atoms with E-state index in [9.17, 15) is 26.0 Å². The lowest BCUT2D eigenvalue weighted by molar-refractivity contribution is -0.137. The van der Waals surface area contributed by atoms with Crippen molar-refractivity contribution < 1.29 is 26.0 Å². The number of sulfonamides is 1. The second-order valence-electron chi connectivity index (χ2n) is 7.19. The van der Waals surface area contributed by atoms with Crippen molar-refractivity contribution in [3.05, 3.63) is 59.4 Å². The minimum atomic E-state index is -4.85. The summed E-state index contributed by atoms with van der Waals surface area (Å²) in [5.74, 6) is -0.904. The van der Waals surface area contributed by atoms with Gasteiger partial charge in [0.25, 0.3) is 10.0 Å². The molecule has 0 amide bonds. The average molecular weight is 467 g/mol. The van der Waals surface area contributed by atoms with Crippen molar-refractivity contribution in [2.24, 2.45) is 0 Å². The van der Waals surface area contributed by atoms with Gasteiger partial charge in [0, 0.05) is 12.2 Å². The Kier molecular flexibility index (Phi) is 7.76. The van der Waals surface area contributed by atoms with Gasteiger partial charge in [-0.2, -0.15) is 13.2 Å². The highest BCUT2D eigenvalue weighted by Gasteiger charge is 2.33. The molecule has 0 aliphatic carbocycles. The highest BCUT2D eigenvalue weighted by molar-refractivity contribution is 7.92. The van der Waals surface area contributed by atoms with Crippen molar-refractivity contribution in [3.8, 4) is 0 Å². The normalized spacial score (nSPS) is 17.6. The van der Waals surface area contributed by atoms with Gasteiger partial charge >= 0.3 is 6.18 Å². The van der Waals surface area contributed by atoms with E-state index in [0.717, 1.165) is 38.0 Å². The number of anilines is 1. The molecule has 10 heteroatoms. The predicted octanol–water partition coefficient (Wildman–Crippen LogP) is 5.27. The maximum Gasteiger partial charge on any atom is 0.416 e. The van der Waals surface area contributed by atoms with Crippen LogP contribution in [-0.2, 0) is 16.2 Å². The molecular formula is C20H23ClF4N2O2S. The van der Waals surface area contributed by atoms with Crippen molar-refractivity contribution in [3.63, 3.8) is 0 Å². The van der Waals surface area contributed by atoms with Crippen LogP contribution >= 0.6 is 12.4 Å². The zero-order chi connectivity index (χ0) is 21.2. The van der Waals surface area contributed by atoms with Gasteiger partial charge in [0.1, 0.15) is 5.82 Å². The third-order valence-electron chi connectivity index (χ3n) is 4.96. The summed E-state index contributed by atoms with van der Waals surface area (Å²) in [5, 5.41) is 0. The van der Waals surface area contributed by atoms with Crippen LogP contribution in [0, 0.1) is 5.82 Å². The van der Waals surface area contributed by atoms with E-state index in [1.807, 2.05) is 12.1 Å². The smallest absolute Gasteiger partial charge is 0.303 e. The molecule has 1 heterocycles. The third-order valence-corrected chi connectivity index (χ3v) is 6.32. The highest BCUT2D eigenvalue weighted by Crippen LogP contribution is 2.32. The van der Waals surface area contributed by atoms with E-state index in [1.54, 1.807) is 12.1 Å². The van der Waals surface area contributed by atoms with E-state index in [0.29, 0.717) is 18.1 Å². The van der Waals surface area contributed by atoms with Crippen LogP contribution < -0.4 is 4.72 Å². The maximum absolute atomic E-state index is 13.5. The summed E-state index contributed by atoms with van der Waals surface area (Å²) in [7, 11) is -4.36. The van der Waals surface area contributed by atoms with Crippen LogP contribution in [0.5, 0.6) is 0 Å². The van der Waals surface area contributed by atoms with Crippen molar-refractivity contribution in [1.82, 2.24) is 4.90 Å². The standard InChI is InChI=1S/C20H22F4N2O2S.ClH/c1-2-8-26-9-7-15(13-26)14-3-5-18(6-4-14)25-29(27,28)19-11-16(20(22,23)24)10-17(21)12-19;/h3-6,10-12,15,25H,2,7-9,13H2,1H3;1H/t15-;/m1./s1. The van der Waals surface area contributed by atoms with Crippen LogP contribution in [0.4, 0.5) is 23.2 Å². The number of alkyl halides is 3. The van der Waals surface area contributed by atoms with E-state index in [4.69, 9.17) is 0 Å². The summed E-state index contributed by atoms with van der Waals surface area (Å²) in [6, 6.07) is 8.00. The second-order valence-corrected chi connectivity index (χ2v) is 8.87. The Bertz CT molecular complexity index is 966. The average Bonchev–Trinajstić information content (AvgIpc) is 3.10. The van der Waals surface area contributed by atoms with Crippen LogP contribution in [0.3, 0.4) is 0 Å². The predicted molar refractivity (Wildman–Crippen MR) is 110 cm³/mol. The molecule has 0 aromatic heterocycles. The van der Waals surface area contributed by atoms with Crippen LogP contribution in [0.1, 0.15) is 36.8 Å². The fraction of sp³-hybridized carbons (Fsp3) is 0.400. The minimum absolute atomic E-state index is 0. The number of rotatable bonds is 6. The van der Waals surface area contributed by atoms with Gasteiger partial charge in [-0.15, -0.1) is 12.4 Å². The first-order valence-electron chi connectivity index (χ1n) is 9.31. The highest BCUT2D eigenvalue weighted by atomic mass is 35.5. The van der Waals surface area contributed by atoms with Crippen molar-refractivity contribution in [2.75, 3.05) is 24.4 Å². The lowest BCUT2D eigenvalue weighted by Gasteiger charge is -2.15. The summed E-state index contributed by atoms with van der Waals surface area (Å²) in [5.41, 5.74) is -0.0715. The molecule has 1 aliphatic rings. The van der Waals surface area contributed by atoms with Gasteiger partial charge in [0.05, 0.1) is 10.5 Å². The van der Waals surface area contributed by atoms with E-state index in [-0.39, 0.29) is 24.2 Å². The van der Waals surface area contributed by atoms with Crippen molar-refractivity contribution in [2.45, 2.75) is 36.8 Å². The Morgan fingerprint density at radius 3 is 2.40 bits per heavy atom. The molecule has 2 aromatic carbocycles. The van der Waals surface area contributed by atoms with Gasteiger partial charge in [-0.05, 0) is 67.7 Å². The summed E-state index contributed by atoms with van der Waals surface area (Å²) < 4.78 is 79.2. The first kappa shape index (κ1) is 24.4. The van der Waals surface area contributed by atoms with Crippen LogP contribution in [-0.4, -0.2) is 33.0 Å². The van der Waals surface area contributed by atoms with Crippen LogP contribution in [0.15, 0.2) is 47.4 Å². The SMILES string of the molecule is CCCN1CC[C@@H](c2ccc(NS(=O)(=O)c3cc(F)cc(C(F)(F)F)c3)cc2)C1.Cl. The molecule has 1 saturated heterocycles. The van der Waals surface area contributed by atoms with Crippen LogP contribution in [0.25, 0.3) is 0 Å². The van der Waals surface area contributed by atoms with E-state index in [2.05, 4.69) is 16.5 Å². The van der Waals surface area contributed by atoms with Gasteiger partial charge in [0.15, 0.2) is 0 Å². The molecule has 0 unspecified atom stereocenters. The number of hydrogen-bond donors (Lipinski definition) is 1. The molecule has 0 radical (unpaired) electrons. The van der Waals surface area contributed by atoms with Gasteiger partial charge in [-0.1, -0.05) is 19.1 Å². The molecule has 1 aliphatic heterocycles. The Labute approximate surface area is 179 Å². The lowest BCUT2D eigenvalue weighted by atomic mass is 9.98. The molecule has 166 valence electrons. The van der Waals surface area contributed by atoms with Crippen LogP contribution in [0.2, 0.25) is 0 Å². The molecule has 4 nitrogen and oxygen atoms in total. The van der Waals surface area contributed by atoms with E-state index in [1.165, 1.54) is 0 Å². The molecule has 1 fully saturated rings. The Hall–Kier alpha value is -1.84. The fourth-order valence-electron chi connectivity index (χ4n) is 3.54. The van der Waals surface area contributed by atoms with Gasteiger partial charge in [-0.3, -0.25) is 4.72 Å². The number of likely N-dealkylation sites (tertiary alicyclic amines) is 1. The number of hydrogen-bond acceptors (Lipinski definition) is 3.